The first-order valence-corrected chi connectivity index (χ1v) is 6.65. The minimum absolute atomic E-state index is 0.460. The van der Waals surface area contributed by atoms with Gasteiger partial charge in [0.05, 0.1) is 34.4 Å². The normalized spacial score (nSPS) is 10.0. The number of aromatic nitrogens is 4. The van der Waals surface area contributed by atoms with E-state index in [-0.39, 0.29) is 0 Å². The molecule has 0 saturated carbocycles. The van der Waals surface area contributed by atoms with Crippen molar-refractivity contribution in [2.24, 2.45) is 0 Å². The van der Waals surface area contributed by atoms with E-state index in [1.165, 1.54) is 0 Å². The van der Waals surface area contributed by atoms with Gasteiger partial charge in [0.2, 0.25) is 5.95 Å². The van der Waals surface area contributed by atoms with Crippen LogP contribution in [0.25, 0.3) is 11.3 Å². The predicted octanol–water partition coefficient (Wildman–Crippen LogP) is 2.64. The Bertz CT molecular complexity index is 761. The molecule has 0 bridgehead atoms. The van der Waals surface area contributed by atoms with E-state index in [4.69, 9.17) is 11.6 Å². The first-order chi connectivity index (χ1) is 10.2. The van der Waals surface area contributed by atoms with Crippen molar-refractivity contribution in [2.75, 3.05) is 5.32 Å². The number of nitrogens with zero attached hydrogens (tertiary/aromatic N) is 4. The van der Waals surface area contributed by atoms with Crippen molar-refractivity contribution in [3.8, 4) is 11.3 Å². The summed E-state index contributed by atoms with van der Waals surface area (Å²) in [5.41, 5.74) is 3.19. The molecule has 0 amide bonds. The highest BCUT2D eigenvalue weighted by Crippen LogP contribution is 2.26. The summed E-state index contributed by atoms with van der Waals surface area (Å²) in [4.78, 5) is 16.7. The molecule has 21 heavy (non-hydrogen) atoms. The molecule has 0 aliphatic rings. The molecule has 0 aliphatic heterocycles. The second kappa shape index (κ2) is 5.73. The van der Waals surface area contributed by atoms with Crippen molar-refractivity contribution in [1.29, 1.82) is 0 Å². The largest absolute Gasteiger partial charge is 0.323 e. The molecule has 3 rings (SSSR count). The molecule has 0 atom stereocenters. The molecule has 0 radical (unpaired) electrons. The Labute approximate surface area is 127 Å². The highest BCUT2D eigenvalue weighted by atomic mass is 35.5. The Morgan fingerprint density at radius 3 is 2.95 bits per heavy atom. The molecule has 0 fully saturated rings. The maximum absolute atomic E-state index is 6.17. The van der Waals surface area contributed by atoms with E-state index in [1.807, 2.05) is 25.1 Å². The maximum atomic E-state index is 6.17. The van der Waals surface area contributed by atoms with Crippen molar-refractivity contribution >= 4 is 23.2 Å². The van der Waals surface area contributed by atoms with Crippen molar-refractivity contribution in [1.82, 2.24) is 15.0 Å². The zero-order valence-electron chi connectivity index (χ0n) is 11.2. The Morgan fingerprint density at radius 2 is 2.19 bits per heavy atom. The van der Waals surface area contributed by atoms with Crippen LogP contribution in [0, 0.1) is 13.1 Å². The quantitative estimate of drug-likeness (QED) is 0.805. The SMILES string of the molecule is Cc1ncccc1Nc1ncc(Cl)c(-c2cc#[n+]cc2)n1. The van der Waals surface area contributed by atoms with Crippen molar-refractivity contribution in [2.45, 2.75) is 6.92 Å². The van der Waals surface area contributed by atoms with Gasteiger partial charge in [0.15, 0.2) is 0 Å². The second-order valence-electron chi connectivity index (χ2n) is 4.33. The molecule has 3 heterocycles. The molecule has 0 unspecified atom stereocenters. The average Bonchev–Trinajstić information content (AvgIpc) is 2.52. The molecule has 3 aromatic heterocycles. The van der Waals surface area contributed by atoms with Gasteiger partial charge in [0.25, 0.3) is 0 Å². The van der Waals surface area contributed by atoms with Crippen LogP contribution in [-0.4, -0.2) is 15.0 Å². The van der Waals surface area contributed by atoms with Gasteiger partial charge < -0.3 is 5.32 Å². The van der Waals surface area contributed by atoms with Gasteiger partial charge in [-0.1, -0.05) is 11.6 Å². The Morgan fingerprint density at radius 1 is 1.29 bits per heavy atom. The van der Waals surface area contributed by atoms with Crippen LogP contribution in [-0.2, 0) is 0 Å². The van der Waals surface area contributed by atoms with Gasteiger partial charge in [-0.3, -0.25) is 4.98 Å². The third-order valence-electron chi connectivity index (χ3n) is 2.89. The molecule has 3 aromatic rings. The summed E-state index contributed by atoms with van der Waals surface area (Å²) in [5, 5.41) is 3.62. The Balaban J connectivity index is 1.97. The van der Waals surface area contributed by atoms with Crippen LogP contribution < -0.4 is 10.3 Å². The van der Waals surface area contributed by atoms with E-state index in [0.717, 1.165) is 16.9 Å². The molecule has 1 N–H and O–H groups in total. The summed E-state index contributed by atoms with van der Waals surface area (Å²) in [6.45, 7) is 1.91. The predicted molar refractivity (Wildman–Crippen MR) is 79.2 cm³/mol. The van der Waals surface area contributed by atoms with Crippen LogP contribution in [0.1, 0.15) is 5.69 Å². The number of aryl methyl sites for hydroxylation is 1. The fraction of sp³-hybridized carbons (Fsp3) is 0.0667. The third kappa shape index (κ3) is 2.91. The van der Waals surface area contributed by atoms with Crippen LogP contribution >= 0.6 is 11.6 Å². The molecule has 102 valence electrons. The topological polar surface area (TPSA) is 64.8 Å². The molecule has 0 saturated heterocycles. The lowest BCUT2D eigenvalue weighted by molar-refractivity contribution is -0.293. The van der Waals surface area contributed by atoms with E-state index in [0.29, 0.717) is 16.7 Å². The lowest BCUT2D eigenvalue weighted by atomic mass is 10.2. The Hall–Kier alpha value is -2.71. The summed E-state index contributed by atoms with van der Waals surface area (Å²) < 4.78 is 0. The van der Waals surface area contributed by atoms with Crippen LogP contribution in [0.4, 0.5) is 11.6 Å². The number of anilines is 2. The van der Waals surface area contributed by atoms with Crippen LogP contribution in [0.2, 0.25) is 5.02 Å². The van der Waals surface area contributed by atoms with Gasteiger partial charge in [0, 0.05) is 17.8 Å². The second-order valence-corrected chi connectivity index (χ2v) is 4.73. The van der Waals surface area contributed by atoms with Gasteiger partial charge in [-0.25, -0.2) is 9.97 Å². The maximum Gasteiger partial charge on any atom is 0.312 e. The van der Waals surface area contributed by atoms with E-state index in [1.54, 1.807) is 24.7 Å². The standard InChI is InChI=1S/C15H11ClN5/c1-10-13(3-2-6-18-10)20-15-19-9-12(16)14(21-15)11-4-7-17-8-5-11/h2-7,9H,1H3,(H,19,20,21)/q+1. The summed E-state index contributed by atoms with van der Waals surface area (Å²) >= 11 is 6.17. The van der Waals surface area contributed by atoms with Gasteiger partial charge in [-0.05, 0) is 24.0 Å². The molecule has 6 heteroatoms. The average molecular weight is 297 g/mol. The number of hydrogen-bond acceptors (Lipinski definition) is 4. The van der Waals surface area contributed by atoms with Gasteiger partial charge in [0.1, 0.15) is 0 Å². The molecule has 0 spiro atoms. The van der Waals surface area contributed by atoms with E-state index in [9.17, 15) is 0 Å². The van der Waals surface area contributed by atoms with Crippen LogP contribution in [0.5, 0.6) is 0 Å². The Kier molecular flexibility index (Phi) is 3.63. The summed E-state index contributed by atoms with van der Waals surface area (Å²) in [7, 11) is 0. The highest BCUT2D eigenvalue weighted by molar-refractivity contribution is 6.32. The number of hydrogen-bond donors (Lipinski definition) is 1. The number of halogens is 1. The number of pyridine rings is 1. The first-order valence-electron chi connectivity index (χ1n) is 6.27. The summed E-state index contributed by atoms with van der Waals surface area (Å²) in [6.07, 6.45) is 7.72. The fourth-order valence-electron chi connectivity index (χ4n) is 1.83. The van der Waals surface area contributed by atoms with Gasteiger partial charge in [-0.15, -0.1) is 0 Å². The zero-order chi connectivity index (χ0) is 14.7. The summed E-state index contributed by atoms with van der Waals surface area (Å²) in [6, 6.07) is 7.32. The lowest BCUT2D eigenvalue weighted by Crippen LogP contribution is -2.01. The van der Waals surface area contributed by atoms with Gasteiger partial charge in [-0.2, -0.15) is 0 Å². The monoisotopic (exact) mass is 296 g/mol. The van der Waals surface area contributed by atoms with E-state index in [2.05, 4.69) is 31.4 Å². The lowest BCUT2D eigenvalue weighted by Gasteiger charge is -2.08. The smallest absolute Gasteiger partial charge is 0.312 e. The molecule has 0 aliphatic carbocycles. The van der Waals surface area contributed by atoms with Crippen LogP contribution in [0.15, 0.2) is 42.9 Å². The van der Waals surface area contributed by atoms with E-state index < -0.39 is 0 Å². The summed E-state index contributed by atoms with van der Waals surface area (Å²) in [5.74, 6) is 0.460. The van der Waals surface area contributed by atoms with Crippen molar-refractivity contribution in [3.63, 3.8) is 0 Å². The molecule has 5 nitrogen and oxygen atoms in total. The molecular weight excluding hydrogens is 286 g/mol. The first kappa shape index (κ1) is 13.3. The fourth-order valence-corrected chi connectivity index (χ4v) is 2.03. The molecule has 0 aromatic carbocycles. The number of nitrogens with one attached hydrogen (secondary N) is 1. The minimum Gasteiger partial charge on any atom is -0.323 e. The van der Waals surface area contributed by atoms with Gasteiger partial charge >= 0.3 is 12.4 Å². The highest BCUT2D eigenvalue weighted by Gasteiger charge is 2.10. The third-order valence-corrected chi connectivity index (χ3v) is 3.17. The molecular formula is C15H11ClN5+. The minimum atomic E-state index is 0.460. The van der Waals surface area contributed by atoms with Crippen molar-refractivity contribution < 1.29 is 4.98 Å². The van der Waals surface area contributed by atoms with E-state index >= 15 is 0 Å². The number of rotatable bonds is 3. The zero-order valence-corrected chi connectivity index (χ0v) is 12.0. The van der Waals surface area contributed by atoms with Crippen LogP contribution in [0.3, 0.4) is 0 Å². The van der Waals surface area contributed by atoms with Crippen molar-refractivity contribution in [3.05, 3.63) is 59.8 Å².